The number of aryl methyl sites for hydroxylation is 1. The molecule has 0 radical (unpaired) electrons. The predicted octanol–water partition coefficient (Wildman–Crippen LogP) is 1.98. The van der Waals surface area contributed by atoms with E-state index in [2.05, 4.69) is 4.98 Å². The van der Waals surface area contributed by atoms with Gasteiger partial charge in [-0.1, -0.05) is 0 Å². The third-order valence-electron chi connectivity index (χ3n) is 1.09. The van der Waals surface area contributed by atoms with Gasteiger partial charge in [0.25, 0.3) is 0 Å². The number of ether oxygens (including phenoxy) is 1. The molecule has 0 aliphatic heterocycles. The lowest BCUT2D eigenvalue weighted by molar-refractivity contribution is 0.412. The molecule has 0 N–H and O–H groups in total. The van der Waals surface area contributed by atoms with Crippen LogP contribution in [0.1, 0.15) is 5.56 Å². The molecular weight excluding hydrogens is 194 g/mol. The van der Waals surface area contributed by atoms with Gasteiger partial charge in [-0.3, -0.25) is 4.98 Å². The Balaban J connectivity index is 0.000000810. The highest BCUT2D eigenvalue weighted by Crippen LogP contribution is 2.07. The van der Waals surface area contributed by atoms with Gasteiger partial charge < -0.3 is 4.74 Å². The summed E-state index contributed by atoms with van der Waals surface area (Å²) in [5, 5.41) is 0. The molecule has 10 heavy (non-hydrogen) atoms. The summed E-state index contributed by atoms with van der Waals surface area (Å²) in [5.74, 6) is 0.815. The average Bonchev–Trinajstić information content (AvgIpc) is 1.88. The minimum absolute atomic E-state index is 0. The number of aromatic nitrogens is 1. The summed E-state index contributed by atoms with van der Waals surface area (Å²) in [5.41, 5.74) is 1.12. The first-order valence-electron chi connectivity index (χ1n) is 2.78. The number of halogens is 1. The molecule has 0 aromatic carbocycles. The predicted molar refractivity (Wildman–Crippen MR) is 45.8 cm³/mol. The van der Waals surface area contributed by atoms with Gasteiger partial charge in [-0.2, -0.15) is 0 Å². The van der Waals surface area contributed by atoms with Gasteiger partial charge in [0, 0.05) is 6.20 Å². The lowest BCUT2D eigenvalue weighted by atomic mass is 10.3. The molecule has 3 heteroatoms. The topological polar surface area (TPSA) is 22.1 Å². The van der Waals surface area contributed by atoms with Crippen molar-refractivity contribution in [2.75, 3.05) is 7.11 Å². The largest absolute Gasteiger partial charge is 0.495 e. The highest BCUT2D eigenvalue weighted by molar-refractivity contribution is 8.93. The molecular formula is C7H10BrNO. The van der Waals surface area contributed by atoms with Gasteiger partial charge in [-0.05, 0) is 18.6 Å². The monoisotopic (exact) mass is 203 g/mol. The molecule has 0 aliphatic rings. The van der Waals surface area contributed by atoms with Crippen molar-refractivity contribution >= 4 is 17.0 Å². The van der Waals surface area contributed by atoms with E-state index < -0.39 is 0 Å². The van der Waals surface area contributed by atoms with Crippen molar-refractivity contribution in [1.29, 1.82) is 0 Å². The highest BCUT2D eigenvalue weighted by atomic mass is 79.9. The number of methoxy groups -OCH3 is 1. The summed E-state index contributed by atoms with van der Waals surface area (Å²) in [4.78, 5) is 3.93. The number of pyridine rings is 1. The molecule has 1 aromatic rings. The van der Waals surface area contributed by atoms with Gasteiger partial charge in [0.15, 0.2) is 0 Å². The second-order valence-corrected chi connectivity index (χ2v) is 1.90. The lowest BCUT2D eigenvalue weighted by Crippen LogP contribution is -1.84. The van der Waals surface area contributed by atoms with E-state index in [1.807, 2.05) is 13.0 Å². The fourth-order valence-corrected chi connectivity index (χ4v) is 0.639. The van der Waals surface area contributed by atoms with Crippen molar-refractivity contribution < 1.29 is 4.74 Å². The minimum Gasteiger partial charge on any atom is -0.495 e. The van der Waals surface area contributed by atoms with Crippen molar-refractivity contribution in [3.05, 3.63) is 24.0 Å². The maximum atomic E-state index is 4.93. The first kappa shape index (κ1) is 9.43. The Morgan fingerprint density at radius 3 is 2.50 bits per heavy atom. The van der Waals surface area contributed by atoms with Gasteiger partial charge in [0.2, 0.25) is 0 Å². The minimum atomic E-state index is 0. The molecule has 1 aromatic heterocycles. The smallest absolute Gasteiger partial charge is 0.137 e. The first-order chi connectivity index (χ1) is 4.33. The van der Waals surface area contributed by atoms with Gasteiger partial charge in [0.05, 0.1) is 13.3 Å². The van der Waals surface area contributed by atoms with E-state index in [1.54, 1.807) is 19.5 Å². The van der Waals surface area contributed by atoms with E-state index in [0.29, 0.717) is 0 Å². The highest BCUT2D eigenvalue weighted by Gasteiger charge is 1.88. The standard InChI is InChI=1S/C7H9NO.BrH/c1-6-3-7(9-2)5-8-4-6;/h3-5H,1-2H3;1H. The molecule has 0 bridgehead atoms. The number of hydrogen-bond acceptors (Lipinski definition) is 2. The molecule has 0 unspecified atom stereocenters. The third-order valence-corrected chi connectivity index (χ3v) is 1.09. The summed E-state index contributed by atoms with van der Waals surface area (Å²) in [6.45, 7) is 1.98. The fourth-order valence-electron chi connectivity index (χ4n) is 0.639. The van der Waals surface area contributed by atoms with Crippen LogP contribution in [0.2, 0.25) is 0 Å². The Hall–Kier alpha value is -0.570. The maximum Gasteiger partial charge on any atom is 0.137 e. The Labute approximate surface area is 71.0 Å². The second kappa shape index (κ2) is 4.28. The van der Waals surface area contributed by atoms with E-state index in [1.165, 1.54) is 0 Å². The number of rotatable bonds is 1. The summed E-state index contributed by atoms with van der Waals surface area (Å²) in [7, 11) is 1.64. The normalized spacial score (nSPS) is 8.20. The molecule has 1 heterocycles. The van der Waals surface area contributed by atoms with Crippen LogP contribution in [0.5, 0.6) is 5.75 Å². The molecule has 56 valence electrons. The summed E-state index contributed by atoms with van der Waals surface area (Å²) in [6, 6.07) is 1.94. The SMILES string of the molecule is Br.COc1cncc(C)c1. The zero-order chi connectivity index (χ0) is 6.69. The van der Waals surface area contributed by atoms with Crippen LogP contribution in [0.25, 0.3) is 0 Å². The van der Waals surface area contributed by atoms with Crippen molar-refractivity contribution in [3.63, 3.8) is 0 Å². The quantitative estimate of drug-likeness (QED) is 0.697. The summed E-state index contributed by atoms with van der Waals surface area (Å²) < 4.78 is 4.93. The number of nitrogens with zero attached hydrogens (tertiary/aromatic N) is 1. The van der Waals surface area contributed by atoms with E-state index in [-0.39, 0.29) is 17.0 Å². The van der Waals surface area contributed by atoms with Gasteiger partial charge >= 0.3 is 0 Å². The van der Waals surface area contributed by atoms with Crippen LogP contribution in [0.4, 0.5) is 0 Å². The fraction of sp³-hybridized carbons (Fsp3) is 0.286. The van der Waals surface area contributed by atoms with Gasteiger partial charge in [0.1, 0.15) is 5.75 Å². The molecule has 0 saturated carbocycles. The molecule has 0 saturated heterocycles. The van der Waals surface area contributed by atoms with E-state index in [9.17, 15) is 0 Å². The molecule has 1 rings (SSSR count). The zero-order valence-electron chi connectivity index (χ0n) is 6.00. The Morgan fingerprint density at radius 1 is 1.40 bits per heavy atom. The molecule has 0 fully saturated rings. The third kappa shape index (κ3) is 2.35. The van der Waals surface area contributed by atoms with Crippen molar-refractivity contribution in [2.45, 2.75) is 6.92 Å². The maximum absolute atomic E-state index is 4.93. The lowest BCUT2D eigenvalue weighted by Gasteiger charge is -1.97. The number of hydrogen-bond donors (Lipinski definition) is 0. The molecule has 0 spiro atoms. The average molecular weight is 204 g/mol. The summed E-state index contributed by atoms with van der Waals surface area (Å²) in [6.07, 6.45) is 3.48. The van der Waals surface area contributed by atoms with Crippen LogP contribution in [0.15, 0.2) is 18.5 Å². The first-order valence-corrected chi connectivity index (χ1v) is 2.78. The van der Waals surface area contributed by atoms with E-state index in [0.717, 1.165) is 11.3 Å². The van der Waals surface area contributed by atoms with Crippen LogP contribution < -0.4 is 4.74 Å². The van der Waals surface area contributed by atoms with Crippen molar-refractivity contribution in [1.82, 2.24) is 4.98 Å². The second-order valence-electron chi connectivity index (χ2n) is 1.90. The van der Waals surface area contributed by atoms with Gasteiger partial charge in [-0.25, -0.2) is 0 Å². The zero-order valence-corrected chi connectivity index (χ0v) is 7.71. The van der Waals surface area contributed by atoms with Crippen LogP contribution in [-0.4, -0.2) is 12.1 Å². The van der Waals surface area contributed by atoms with Crippen LogP contribution in [-0.2, 0) is 0 Å². The van der Waals surface area contributed by atoms with Crippen molar-refractivity contribution in [2.24, 2.45) is 0 Å². The molecule has 0 atom stereocenters. The van der Waals surface area contributed by atoms with Crippen molar-refractivity contribution in [3.8, 4) is 5.75 Å². The molecule has 0 amide bonds. The van der Waals surface area contributed by atoms with Gasteiger partial charge in [-0.15, -0.1) is 17.0 Å². The van der Waals surface area contributed by atoms with E-state index in [4.69, 9.17) is 4.74 Å². The summed E-state index contributed by atoms with van der Waals surface area (Å²) >= 11 is 0. The molecule has 0 aliphatic carbocycles. The van der Waals surface area contributed by atoms with Crippen LogP contribution >= 0.6 is 17.0 Å². The van der Waals surface area contributed by atoms with Crippen LogP contribution in [0.3, 0.4) is 0 Å². The van der Waals surface area contributed by atoms with E-state index >= 15 is 0 Å². The molecule has 2 nitrogen and oxygen atoms in total. The van der Waals surface area contributed by atoms with Crippen LogP contribution in [0, 0.1) is 6.92 Å². The Morgan fingerprint density at radius 2 is 2.10 bits per heavy atom. The Kier molecular flexibility index (Phi) is 4.03. The Bertz CT molecular complexity index is 203.